The third-order valence-corrected chi connectivity index (χ3v) is 3.15. The van der Waals surface area contributed by atoms with Crippen LogP contribution in [0.1, 0.15) is 20.8 Å². The van der Waals surface area contributed by atoms with Crippen LogP contribution in [0, 0.1) is 0 Å². The lowest BCUT2D eigenvalue weighted by atomic mass is 10.1. The van der Waals surface area contributed by atoms with Gasteiger partial charge in [0, 0.05) is 30.2 Å². The molecule has 1 N–H and O–H groups in total. The molecule has 0 fully saturated rings. The maximum absolute atomic E-state index is 12.4. The van der Waals surface area contributed by atoms with Gasteiger partial charge in [-0.15, -0.1) is 0 Å². The Bertz CT molecular complexity index is 677. The molecule has 1 aromatic carbocycles. The molecule has 3 heteroatoms. The largest absolute Gasteiger partial charge is 0.311 e. The molecule has 0 amide bonds. The van der Waals surface area contributed by atoms with Crippen molar-refractivity contribution in [2.75, 3.05) is 6.54 Å². The fourth-order valence-electron chi connectivity index (χ4n) is 2.04. The minimum Gasteiger partial charge on any atom is -0.311 e. The molecule has 0 radical (unpaired) electrons. The van der Waals surface area contributed by atoms with Crippen molar-refractivity contribution in [1.29, 1.82) is 0 Å². The fraction of sp³-hybridized carbons (Fsp3) is 0.353. The first-order valence-corrected chi connectivity index (χ1v) is 6.87. The predicted octanol–water partition coefficient (Wildman–Crippen LogP) is 2.95. The highest BCUT2D eigenvalue weighted by Gasteiger charge is 2.09. The number of benzene rings is 1. The summed E-state index contributed by atoms with van der Waals surface area (Å²) in [5.74, 6) is 0. The first-order valence-electron chi connectivity index (χ1n) is 6.87. The molecule has 1 aromatic heterocycles. The molecule has 0 saturated heterocycles. The smallest absolute Gasteiger partial charge is 0.258 e. The van der Waals surface area contributed by atoms with Crippen LogP contribution in [0.3, 0.4) is 0 Å². The first kappa shape index (κ1) is 14.5. The second-order valence-electron chi connectivity index (χ2n) is 6.19. The van der Waals surface area contributed by atoms with E-state index >= 15 is 0 Å². The maximum atomic E-state index is 12.4. The highest BCUT2D eigenvalue weighted by molar-refractivity contribution is 5.81. The Morgan fingerprint density at radius 2 is 1.95 bits per heavy atom. The van der Waals surface area contributed by atoms with E-state index in [1.165, 1.54) is 0 Å². The summed E-state index contributed by atoms with van der Waals surface area (Å²) < 4.78 is 1.72. The molecular weight excluding hydrogens is 248 g/mol. The van der Waals surface area contributed by atoms with Crippen LogP contribution >= 0.6 is 0 Å². The van der Waals surface area contributed by atoms with Gasteiger partial charge in [0.2, 0.25) is 0 Å². The van der Waals surface area contributed by atoms with Crippen LogP contribution in [0.2, 0.25) is 0 Å². The lowest BCUT2D eigenvalue weighted by Crippen LogP contribution is -2.37. The lowest BCUT2D eigenvalue weighted by molar-refractivity contribution is 0.440. The van der Waals surface area contributed by atoms with Gasteiger partial charge < -0.3 is 9.88 Å². The van der Waals surface area contributed by atoms with Crippen molar-refractivity contribution in [3.05, 3.63) is 59.0 Å². The van der Waals surface area contributed by atoms with E-state index in [0.717, 1.165) is 16.3 Å². The molecule has 3 nitrogen and oxygen atoms in total. The summed E-state index contributed by atoms with van der Waals surface area (Å²) in [6, 6.07) is 9.63. The molecule has 2 rings (SSSR count). The van der Waals surface area contributed by atoms with Crippen molar-refractivity contribution in [2.24, 2.45) is 0 Å². The van der Waals surface area contributed by atoms with Gasteiger partial charge in [0.15, 0.2) is 0 Å². The zero-order valence-corrected chi connectivity index (χ0v) is 12.4. The number of nitrogens with zero attached hydrogens (tertiary/aromatic N) is 1. The second kappa shape index (κ2) is 5.63. The van der Waals surface area contributed by atoms with E-state index in [1.807, 2.05) is 36.5 Å². The van der Waals surface area contributed by atoms with E-state index < -0.39 is 0 Å². The van der Waals surface area contributed by atoms with Crippen LogP contribution in [0.4, 0.5) is 0 Å². The van der Waals surface area contributed by atoms with E-state index in [-0.39, 0.29) is 11.1 Å². The Morgan fingerprint density at radius 3 is 2.65 bits per heavy atom. The van der Waals surface area contributed by atoms with Crippen molar-refractivity contribution in [3.63, 3.8) is 0 Å². The van der Waals surface area contributed by atoms with Gasteiger partial charge in [0.25, 0.3) is 5.56 Å². The Kier molecular flexibility index (Phi) is 4.09. The Labute approximate surface area is 119 Å². The van der Waals surface area contributed by atoms with E-state index in [0.29, 0.717) is 13.1 Å². The molecule has 20 heavy (non-hydrogen) atoms. The van der Waals surface area contributed by atoms with Crippen molar-refractivity contribution < 1.29 is 0 Å². The van der Waals surface area contributed by atoms with Gasteiger partial charge >= 0.3 is 0 Å². The van der Waals surface area contributed by atoms with Crippen LogP contribution in [0.15, 0.2) is 53.5 Å². The SMILES string of the molecule is C=C(CNC(C)(C)C)Cn1ccc2ccccc2c1=O. The number of aromatic nitrogens is 1. The quantitative estimate of drug-likeness (QED) is 0.867. The molecule has 0 spiro atoms. The summed E-state index contributed by atoms with van der Waals surface area (Å²) in [5, 5.41) is 5.12. The van der Waals surface area contributed by atoms with E-state index in [1.54, 1.807) is 4.57 Å². The maximum Gasteiger partial charge on any atom is 0.258 e. The third kappa shape index (κ3) is 3.58. The summed E-state index contributed by atoms with van der Waals surface area (Å²) in [6.07, 6.45) is 1.84. The normalized spacial score (nSPS) is 11.8. The summed E-state index contributed by atoms with van der Waals surface area (Å²) in [5.41, 5.74) is 1.09. The molecule has 0 saturated carbocycles. The average molecular weight is 270 g/mol. The molecule has 2 aromatic rings. The van der Waals surface area contributed by atoms with Crippen molar-refractivity contribution in [2.45, 2.75) is 32.9 Å². The molecule has 0 bridgehead atoms. The van der Waals surface area contributed by atoms with E-state index in [4.69, 9.17) is 0 Å². The van der Waals surface area contributed by atoms with Crippen LogP contribution < -0.4 is 10.9 Å². The Hall–Kier alpha value is -1.87. The average Bonchev–Trinajstić information content (AvgIpc) is 2.39. The number of nitrogens with one attached hydrogen (secondary N) is 1. The predicted molar refractivity (Wildman–Crippen MR) is 85.1 cm³/mol. The monoisotopic (exact) mass is 270 g/mol. The Balaban J connectivity index is 2.16. The zero-order valence-electron chi connectivity index (χ0n) is 12.4. The molecule has 0 aliphatic rings. The van der Waals surface area contributed by atoms with Gasteiger partial charge in [-0.05, 0) is 43.9 Å². The molecule has 1 heterocycles. The summed E-state index contributed by atoms with van der Waals surface area (Å²) in [7, 11) is 0. The lowest BCUT2D eigenvalue weighted by Gasteiger charge is -2.21. The van der Waals surface area contributed by atoms with Crippen molar-refractivity contribution >= 4 is 10.8 Å². The van der Waals surface area contributed by atoms with Gasteiger partial charge in [-0.3, -0.25) is 4.79 Å². The topological polar surface area (TPSA) is 34.0 Å². The fourth-order valence-corrected chi connectivity index (χ4v) is 2.04. The first-order chi connectivity index (χ1) is 9.37. The van der Waals surface area contributed by atoms with Crippen molar-refractivity contribution in [3.8, 4) is 0 Å². The highest BCUT2D eigenvalue weighted by Crippen LogP contribution is 2.09. The van der Waals surface area contributed by atoms with Gasteiger partial charge in [-0.2, -0.15) is 0 Å². The minimum absolute atomic E-state index is 0.0417. The van der Waals surface area contributed by atoms with Crippen LogP contribution in [-0.2, 0) is 6.54 Å². The molecule has 0 aliphatic heterocycles. The van der Waals surface area contributed by atoms with Crippen molar-refractivity contribution in [1.82, 2.24) is 9.88 Å². The molecular formula is C17H22N2O. The van der Waals surface area contributed by atoms with Gasteiger partial charge in [0.1, 0.15) is 0 Å². The van der Waals surface area contributed by atoms with Crippen LogP contribution in [-0.4, -0.2) is 16.7 Å². The van der Waals surface area contributed by atoms with Crippen LogP contribution in [0.25, 0.3) is 10.8 Å². The van der Waals surface area contributed by atoms with E-state index in [2.05, 4.69) is 32.7 Å². The molecule has 0 unspecified atom stereocenters. The minimum atomic E-state index is 0.0417. The summed E-state index contributed by atoms with van der Waals surface area (Å²) in [4.78, 5) is 12.4. The second-order valence-corrected chi connectivity index (χ2v) is 6.19. The third-order valence-electron chi connectivity index (χ3n) is 3.15. The molecule has 0 atom stereocenters. The Morgan fingerprint density at radius 1 is 1.25 bits per heavy atom. The standard InChI is InChI=1S/C17H22N2O/c1-13(11-18-17(2,3)4)12-19-10-9-14-7-5-6-8-15(14)16(19)20/h5-10,18H,1,11-12H2,2-4H3. The number of hydrogen-bond donors (Lipinski definition) is 1. The summed E-state index contributed by atoms with van der Waals surface area (Å²) >= 11 is 0. The number of hydrogen-bond acceptors (Lipinski definition) is 2. The summed E-state index contributed by atoms with van der Waals surface area (Å²) in [6.45, 7) is 11.7. The van der Waals surface area contributed by atoms with Gasteiger partial charge in [-0.1, -0.05) is 24.8 Å². The highest BCUT2D eigenvalue weighted by atomic mass is 16.1. The zero-order chi connectivity index (χ0) is 14.8. The molecule has 0 aliphatic carbocycles. The number of pyridine rings is 1. The van der Waals surface area contributed by atoms with Crippen LogP contribution in [0.5, 0.6) is 0 Å². The molecule has 106 valence electrons. The number of rotatable bonds is 4. The van der Waals surface area contributed by atoms with Gasteiger partial charge in [-0.25, -0.2) is 0 Å². The number of fused-ring (bicyclic) bond motifs is 1. The van der Waals surface area contributed by atoms with Gasteiger partial charge in [0.05, 0.1) is 0 Å². The van der Waals surface area contributed by atoms with E-state index in [9.17, 15) is 4.79 Å².